The molecule has 0 bridgehead atoms. The lowest BCUT2D eigenvalue weighted by molar-refractivity contribution is 0.396. The Morgan fingerprint density at radius 2 is 2.00 bits per heavy atom. The Bertz CT molecular complexity index is 403. The quantitative estimate of drug-likeness (QED) is 0.840. The molecule has 1 unspecified atom stereocenters. The summed E-state index contributed by atoms with van der Waals surface area (Å²) in [7, 11) is 1.65. The van der Waals surface area contributed by atoms with E-state index in [1.807, 2.05) is 18.2 Å². The average Bonchev–Trinajstić information content (AvgIpc) is 2.66. The first-order valence-electron chi connectivity index (χ1n) is 5.04. The van der Waals surface area contributed by atoms with Crippen molar-refractivity contribution in [1.29, 1.82) is 0 Å². The van der Waals surface area contributed by atoms with Gasteiger partial charge in [-0.3, -0.25) is 0 Å². The molecule has 0 radical (unpaired) electrons. The molecule has 1 aromatic rings. The van der Waals surface area contributed by atoms with Gasteiger partial charge in [-0.1, -0.05) is 31.5 Å². The summed E-state index contributed by atoms with van der Waals surface area (Å²) in [5.41, 5.74) is 7.29. The van der Waals surface area contributed by atoms with Gasteiger partial charge < -0.3 is 10.5 Å². The second kappa shape index (κ2) is 3.13. The first-order chi connectivity index (χ1) is 6.90. The van der Waals surface area contributed by atoms with E-state index in [4.69, 9.17) is 22.1 Å². The summed E-state index contributed by atoms with van der Waals surface area (Å²) in [6.45, 7) is 4.34. The molecule has 1 fully saturated rings. The highest BCUT2D eigenvalue weighted by molar-refractivity contribution is 6.30. The van der Waals surface area contributed by atoms with E-state index in [9.17, 15) is 0 Å². The molecule has 1 saturated carbocycles. The number of halogens is 1. The van der Waals surface area contributed by atoms with Gasteiger partial charge in [-0.05, 0) is 24.0 Å². The molecule has 2 rings (SSSR count). The second-order valence-corrected chi connectivity index (χ2v) is 5.31. The molecule has 0 amide bonds. The lowest BCUT2D eigenvalue weighted by atomic mass is 9.96. The first-order valence-corrected chi connectivity index (χ1v) is 5.41. The van der Waals surface area contributed by atoms with Gasteiger partial charge >= 0.3 is 0 Å². The third-order valence-electron chi connectivity index (χ3n) is 3.45. The van der Waals surface area contributed by atoms with E-state index in [0.717, 1.165) is 17.7 Å². The van der Waals surface area contributed by atoms with Crippen LogP contribution in [0, 0.1) is 5.41 Å². The number of methoxy groups -OCH3 is 1. The molecular weight excluding hydrogens is 210 g/mol. The summed E-state index contributed by atoms with van der Waals surface area (Å²) in [6.07, 6.45) is 0.984. The molecule has 1 atom stereocenters. The Balaban J connectivity index is 2.46. The van der Waals surface area contributed by atoms with Gasteiger partial charge in [0.1, 0.15) is 5.75 Å². The number of hydrogen-bond donors (Lipinski definition) is 1. The predicted molar refractivity (Wildman–Crippen MR) is 62.3 cm³/mol. The highest BCUT2D eigenvalue weighted by Gasteiger charge is 2.60. The molecule has 1 aliphatic rings. The van der Waals surface area contributed by atoms with Crippen molar-refractivity contribution in [3.63, 3.8) is 0 Å². The summed E-state index contributed by atoms with van der Waals surface area (Å²) in [5.74, 6) is 0.788. The van der Waals surface area contributed by atoms with E-state index in [-0.39, 0.29) is 11.0 Å². The third kappa shape index (κ3) is 1.52. The fraction of sp³-hybridized carbons (Fsp3) is 0.500. The van der Waals surface area contributed by atoms with Gasteiger partial charge in [0.25, 0.3) is 0 Å². The van der Waals surface area contributed by atoms with Crippen molar-refractivity contribution in [3.05, 3.63) is 28.8 Å². The van der Waals surface area contributed by atoms with E-state index < -0.39 is 0 Å². The molecule has 3 heteroatoms. The Hall–Kier alpha value is -0.730. The third-order valence-corrected chi connectivity index (χ3v) is 3.68. The zero-order valence-electron chi connectivity index (χ0n) is 9.30. The topological polar surface area (TPSA) is 35.2 Å². The van der Waals surface area contributed by atoms with Crippen molar-refractivity contribution in [2.24, 2.45) is 11.1 Å². The van der Waals surface area contributed by atoms with Gasteiger partial charge in [0.15, 0.2) is 0 Å². The molecule has 0 spiro atoms. The minimum atomic E-state index is -0.261. The average molecular weight is 226 g/mol. The van der Waals surface area contributed by atoms with Crippen molar-refractivity contribution in [1.82, 2.24) is 0 Å². The van der Waals surface area contributed by atoms with Crippen molar-refractivity contribution in [2.45, 2.75) is 25.8 Å². The first kappa shape index (κ1) is 10.8. The molecule has 15 heavy (non-hydrogen) atoms. The maximum Gasteiger partial charge on any atom is 0.125 e. The fourth-order valence-corrected chi connectivity index (χ4v) is 2.31. The fourth-order valence-electron chi connectivity index (χ4n) is 2.15. The Morgan fingerprint density at radius 1 is 1.40 bits per heavy atom. The molecule has 2 nitrogen and oxygen atoms in total. The van der Waals surface area contributed by atoms with E-state index >= 15 is 0 Å². The standard InChI is InChI=1S/C12H16ClNO/c1-11(2)7-12(11,14)9-5-4-8(13)6-10(9)15-3/h4-6H,7,14H2,1-3H3. The minimum absolute atomic E-state index is 0.147. The highest BCUT2D eigenvalue weighted by atomic mass is 35.5. The largest absolute Gasteiger partial charge is 0.496 e. The normalized spacial score (nSPS) is 27.5. The van der Waals surface area contributed by atoms with E-state index in [0.29, 0.717) is 5.02 Å². The minimum Gasteiger partial charge on any atom is -0.496 e. The molecule has 1 aromatic carbocycles. The molecular formula is C12H16ClNO. The van der Waals surface area contributed by atoms with Crippen LogP contribution in [0.15, 0.2) is 18.2 Å². The van der Waals surface area contributed by atoms with Crippen LogP contribution < -0.4 is 10.5 Å². The van der Waals surface area contributed by atoms with E-state index in [1.165, 1.54) is 0 Å². The summed E-state index contributed by atoms with van der Waals surface area (Å²) in [5, 5.41) is 0.678. The monoisotopic (exact) mass is 225 g/mol. The van der Waals surface area contributed by atoms with Gasteiger partial charge in [0.2, 0.25) is 0 Å². The molecule has 0 heterocycles. The van der Waals surface area contributed by atoms with Crippen LogP contribution in [0.3, 0.4) is 0 Å². The van der Waals surface area contributed by atoms with Crippen LogP contribution >= 0.6 is 11.6 Å². The zero-order chi connectivity index (χ0) is 11.3. The Morgan fingerprint density at radius 3 is 2.47 bits per heavy atom. The molecule has 0 saturated heterocycles. The van der Waals surface area contributed by atoms with Gasteiger partial charge in [-0.25, -0.2) is 0 Å². The molecule has 1 aliphatic carbocycles. The molecule has 2 N–H and O–H groups in total. The smallest absolute Gasteiger partial charge is 0.125 e. The van der Waals surface area contributed by atoms with E-state index in [1.54, 1.807) is 7.11 Å². The van der Waals surface area contributed by atoms with Gasteiger partial charge in [-0.15, -0.1) is 0 Å². The maximum atomic E-state index is 6.35. The number of ether oxygens (including phenoxy) is 1. The van der Waals surface area contributed by atoms with Gasteiger partial charge in [0, 0.05) is 10.6 Å². The van der Waals surface area contributed by atoms with Crippen LogP contribution in [0.2, 0.25) is 5.02 Å². The summed E-state index contributed by atoms with van der Waals surface area (Å²) >= 11 is 5.92. The van der Waals surface area contributed by atoms with Crippen LogP contribution in [-0.2, 0) is 5.54 Å². The van der Waals surface area contributed by atoms with Crippen molar-refractivity contribution >= 4 is 11.6 Å². The Labute approximate surface area is 95.4 Å². The van der Waals surface area contributed by atoms with Gasteiger partial charge in [0.05, 0.1) is 12.6 Å². The zero-order valence-corrected chi connectivity index (χ0v) is 10.1. The SMILES string of the molecule is COc1cc(Cl)ccc1C1(N)CC1(C)C. The lowest BCUT2D eigenvalue weighted by Crippen LogP contribution is -2.26. The molecule has 82 valence electrons. The lowest BCUT2D eigenvalue weighted by Gasteiger charge is -2.18. The highest BCUT2D eigenvalue weighted by Crippen LogP contribution is 2.62. The number of benzene rings is 1. The Kier molecular flexibility index (Phi) is 2.25. The number of hydrogen-bond acceptors (Lipinski definition) is 2. The van der Waals surface area contributed by atoms with Crippen molar-refractivity contribution < 1.29 is 4.74 Å². The van der Waals surface area contributed by atoms with Crippen LogP contribution in [-0.4, -0.2) is 7.11 Å². The predicted octanol–water partition coefficient (Wildman–Crippen LogP) is 2.93. The van der Waals surface area contributed by atoms with Gasteiger partial charge in [-0.2, -0.15) is 0 Å². The second-order valence-electron chi connectivity index (χ2n) is 4.88. The summed E-state index contributed by atoms with van der Waals surface area (Å²) in [6, 6.07) is 5.65. The molecule has 0 aliphatic heterocycles. The van der Waals surface area contributed by atoms with Crippen LogP contribution in [0.25, 0.3) is 0 Å². The van der Waals surface area contributed by atoms with Crippen LogP contribution in [0.5, 0.6) is 5.75 Å². The van der Waals surface area contributed by atoms with Crippen LogP contribution in [0.4, 0.5) is 0 Å². The summed E-state index contributed by atoms with van der Waals surface area (Å²) in [4.78, 5) is 0. The maximum absolute atomic E-state index is 6.35. The number of rotatable bonds is 2. The summed E-state index contributed by atoms with van der Waals surface area (Å²) < 4.78 is 5.32. The van der Waals surface area contributed by atoms with E-state index in [2.05, 4.69) is 13.8 Å². The van der Waals surface area contributed by atoms with Crippen molar-refractivity contribution in [2.75, 3.05) is 7.11 Å². The number of nitrogens with two attached hydrogens (primary N) is 1. The van der Waals surface area contributed by atoms with Crippen molar-refractivity contribution in [3.8, 4) is 5.75 Å². The molecule has 0 aromatic heterocycles. The van der Waals surface area contributed by atoms with Crippen LogP contribution in [0.1, 0.15) is 25.8 Å².